The highest BCUT2D eigenvalue weighted by molar-refractivity contribution is 7.08. The monoisotopic (exact) mass is 475 g/mol. The van der Waals surface area contributed by atoms with E-state index in [1.165, 1.54) is 0 Å². The fourth-order valence-corrected chi connectivity index (χ4v) is 16.2. The molecule has 0 bridgehead atoms. The Balaban J connectivity index is 2.44. The Labute approximate surface area is 195 Å². The summed E-state index contributed by atoms with van der Waals surface area (Å²) < 4.78 is 0. The van der Waals surface area contributed by atoms with Crippen LogP contribution in [0, 0.1) is 0 Å². The van der Waals surface area contributed by atoms with E-state index in [-0.39, 0.29) is 0 Å². The van der Waals surface area contributed by atoms with E-state index in [4.69, 9.17) is 0 Å². The largest absolute Gasteiger partial charge is 0.154 e. The van der Waals surface area contributed by atoms with E-state index in [1.807, 2.05) is 0 Å². The smallest absolute Gasteiger partial charge is 0.0656 e. The second kappa shape index (κ2) is 8.81. The summed E-state index contributed by atoms with van der Waals surface area (Å²) in [6.45, 7) is 22.5. The zero-order valence-corrected chi connectivity index (χ0v) is 24.9. The van der Waals surface area contributed by atoms with Gasteiger partial charge in [-0.3, -0.25) is 0 Å². The van der Waals surface area contributed by atoms with Crippen LogP contribution in [-0.4, -0.2) is 33.0 Å². The lowest BCUT2D eigenvalue weighted by Gasteiger charge is -2.32. The number of benzene rings is 3. The van der Waals surface area contributed by atoms with Gasteiger partial charge in [0.05, 0.1) is 24.2 Å². The SMILES string of the molecule is C[Si](C)(C)c1ccccc1[Si](c1ccccc1[Si](C)(C)C)c1ccccc1[Si](C)(C)C. The second-order valence-electron chi connectivity index (χ2n) is 11.8. The summed E-state index contributed by atoms with van der Waals surface area (Å²) in [6, 6.07) is 28.3. The normalized spacial score (nSPS) is 13.0. The molecule has 0 atom stereocenters. The van der Waals surface area contributed by atoms with Crippen molar-refractivity contribution in [3.63, 3.8) is 0 Å². The Hall–Kier alpha value is -1.47. The van der Waals surface area contributed by atoms with Gasteiger partial charge in [-0.05, 0) is 0 Å². The highest BCUT2D eigenvalue weighted by Crippen LogP contribution is 2.07. The van der Waals surface area contributed by atoms with Gasteiger partial charge in [-0.15, -0.1) is 0 Å². The molecule has 3 rings (SSSR count). The van der Waals surface area contributed by atoms with Crippen LogP contribution < -0.4 is 31.1 Å². The molecule has 0 saturated carbocycles. The van der Waals surface area contributed by atoms with Crippen molar-refractivity contribution in [1.29, 1.82) is 0 Å². The topological polar surface area (TPSA) is 0 Å². The molecular weight excluding hydrogens is 437 g/mol. The molecule has 0 aliphatic heterocycles. The summed E-state index contributed by atoms with van der Waals surface area (Å²) in [5.74, 6) is 0. The van der Waals surface area contributed by atoms with Crippen LogP contribution in [0.2, 0.25) is 58.9 Å². The fraction of sp³-hybridized carbons (Fsp3) is 0.333. The minimum Gasteiger partial charge on any atom is -0.0656 e. The summed E-state index contributed by atoms with van der Waals surface area (Å²) in [7, 11) is -5.56. The molecule has 3 aromatic carbocycles. The highest BCUT2D eigenvalue weighted by atomic mass is 28.3. The van der Waals surface area contributed by atoms with Gasteiger partial charge in [-0.1, -0.05) is 163 Å². The van der Waals surface area contributed by atoms with E-state index in [1.54, 1.807) is 31.1 Å². The first-order valence-electron chi connectivity index (χ1n) is 11.5. The third-order valence-corrected chi connectivity index (χ3v) is 15.8. The molecule has 31 heavy (non-hydrogen) atoms. The van der Waals surface area contributed by atoms with Crippen molar-refractivity contribution in [2.45, 2.75) is 58.9 Å². The third-order valence-electron chi connectivity index (χ3n) is 6.01. The van der Waals surface area contributed by atoms with Gasteiger partial charge in [0.25, 0.3) is 0 Å². The second-order valence-corrected chi connectivity index (χ2v) is 29.2. The summed E-state index contributed by atoms with van der Waals surface area (Å²) in [4.78, 5) is 0. The molecule has 0 heterocycles. The molecule has 0 nitrogen and oxygen atoms in total. The van der Waals surface area contributed by atoms with Crippen LogP contribution in [0.15, 0.2) is 72.8 Å². The lowest BCUT2D eigenvalue weighted by molar-refractivity contribution is 1.68. The van der Waals surface area contributed by atoms with Crippen molar-refractivity contribution in [2.75, 3.05) is 0 Å². The first-order valence-corrected chi connectivity index (χ1v) is 23.5. The highest BCUT2D eigenvalue weighted by Gasteiger charge is 2.34. The first-order chi connectivity index (χ1) is 14.3. The Morgan fingerprint density at radius 2 is 0.613 bits per heavy atom. The standard InChI is InChI=1S/C27H39Si4/c1-29(2,3)25-19-13-10-16-22(25)28(23-17-11-14-20-26(23)30(4,5)6)24-18-12-15-21-27(24)31(7,8)9/h10-21H,1-9H3. The molecule has 163 valence electrons. The van der Waals surface area contributed by atoms with Gasteiger partial charge in [0.15, 0.2) is 8.80 Å². The van der Waals surface area contributed by atoms with Crippen molar-refractivity contribution >= 4 is 64.1 Å². The molecule has 0 saturated heterocycles. The summed E-state index contributed by atoms with van der Waals surface area (Å²) in [5, 5.41) is 9.80. The quantitative estimate of drug-likeness (QED) is 0.375. The average Bonchev–Trinajstić information content (AvgIpc) is 2.67. The molecular formula is C27H39Si4. The van der Waals surface area contributed by atoms with Crippen LogP contribution in [0.4, 0.5) is 0 Å². The van der Waals surface area contributed by atoms with E-state index in [0.29, 0.717) is 0 Å². The van der Waals surface area contributed by atoms with Gasteiger partial charge in [-0.2, -0.15) is 0 Å². The molecule has 4 heteroatoms. The molecule has 0 aliphatic carbocycles. The van der Waals surface area contributed by atoms with E-state index in [0.717, 1.165) is 0 Å². The van der Waals surface area contributed by atoms with Gasteiger partial charge in [0.1, 0.15) is 0 Å². The summed E-state index contributed by atoms with van der Waals surface area (Å²) >= 11 is 0. The molecule has 0 aliphatic rings. The fourth-order valence-electron chi connectivity index (χ4n) is 4.50. The minimum absolute atomic E-state index is 1.11. The van der Waals surface area contributed by atoms with E-state index < -0.39 is 33.0 Å². The molecule has 0 N–H and O–H groups in total. The number of hydrogen-bond donors (Lipinski definition) is 0. The van der Waals surface area contributed by atoms with E-state index in [2.05, 4.69) is 132 Å². The summed E-state index contributed by atoms with van der Waals surface area (Å²) in [5.41, 5.74) is 0. The molecule has 0 unspecified atom stereocenters. The zero-order chi connectivity index (χ0) is 23.0. The van der Waals surface area contributed by atoms with Gasteiger partial charge in [0, 0.05) is 0 Å². The number of rotatable bonds is 6. The Kier molecular flexibility index (Phi) is 6.87. The van der Waals surface area contributed by atoms with Crippen molar-refractivity contribution in [3.8, 4) is 0 Å². The van der Waals surface area contributed by atoms with E-state index in [9.17, 15) is 0 Å². The van der Waals surface area contributed by atoms with Crippen LogP contribution in [0.1, 0.15) is 0 Å². The van der Waals surface area contributed by atoms with Crippen molar-refractivity contribution in [3.05, 3.63) is 72.8 Å². The van der Waals surface area contributed by atoms with Crippen molar-refractivity contribution in [2.24, 2.45) is 0 Å². The van der Waals surface area contributed by atoms with Crippen molar-refractivity contribution in [1.82, 2.24) is 0 Å². The Bertz CT molecular complexity index is 913. The van der Waals surface area contributed by atoms with Crippen LogP contribution in [-0.2, 0) is 0 Å². The first kappa shape index (κ1) is 24.2. The third kappa shape index (κ3) is 5.30. The molecule has 1 radical (unpaired) electrons. The predicted molar refractivity (Wildman–Crippen MR) is 153 cm³/mol. The van der Waals surface area contributed by atoms with Gasteiger partial charge < -0.3 is 0 Å². The molecule has 0 fully saturated rings. The van der Waals surface area contributed by atoms with Crippen LogP contribution in [0.5, 0.6) is 0 Å². The van der Waals surface area contributed by atoms with Gasteiger partial charge in [-0.25, -0.2) is 0 Å². The lowest BCUT2D eigenvalue weighted by Crippen LogP contribution is -2.70. The maximum absolute atomic E-state index is 2.50. The number of hydrogen-bond acceptors (Lipinski definition) is 0. The molecule has 3 aromatic rings. The molecule has 0 amide bonds. The summed E-state index contributed by atoms with van der Waals surface area (Å²) in [6.07, 6.45) is 0. The predicted octanol–water partition coefficient (Wildman–Crippen LogP) is 3.84. The average molecular weight is 476 g/mol. The Morgan fingerprint density at radius 3 is 0.839 bits per heavy atom. The van der Waals surface area contributed by atoms with Gasteiger partial charge in [0.2, 0.25) is 0 Å². The molecule has 0 spiro atoms. The van der Waals surface area contributed by atoms with E-state index >= 15 is 0 Å². The maximum atomic E-state index is 2.50. The lowest BCUT2D eigenvalue weighted by atomic mass is 10.3. The zero-order valence-electron chi connectivity index (χ0n) is 20.9. The van der Waals surface area contributed by atoms with Crippen LogP contribution in [0.25, 0.3) is 0 Å². The van der Waals surface area contributed by atoms with Crippen LogP contribution in [0.3, 0.4) is 0 Å². The van der Waals surface area contributed by atoms with Crippen LogP contribution >= 0.6 is 0 Å². The minimum atomic E-state index is -1.48. The van der Waals surface area contributed by atoms with Gasteiger partial charge >= 0.3 is 0 Å². The molecule has 0 aromatic heterocycles. The Morgan fingerprint density at radius 1 is 0.387 bits per heavy atom. The van der Waals surface area contributed by atoms with Crippen molar-refractivity contribution < 1.29 is 0 Å². The maximum Gasteiger partial charge on any atom is 0.154 e.